The molecule has 6 heteroatoms. The van der Waals surface area contributed by atoms with Gasteiger partial charge < -0.3 is 16.0 Å². The molecule has 0 unspecified atom stereocenters. The summed E-state index contributed by atoms with van der Waals surface area (Å²) < 4.78 is 0. The van der Waals surface area contributed by atoms with Crippen LogP contribution in [0.3, 0.4) is 0 Å². The fourth-order valence-electron chi connectivity index (χ4n) is 2.31. The van der Waals surface area contributed by atoms with E-state index in [1.807, 2.05) is 31.2 Å². The molecule has 0 heterocycles. The lowest BCUT2D eigenvalue weighted by Gasteiger charge is -2.17. The summed E-state index contributed by atoms with van der Waals surface area (Å²) >= 11 is 0. The number of nitrogens with zero attached hydrogens (tertiary/aromatic N) is 1. The van der Waals surface area contributed by atoms with Gasteiger partial charge >= 0.3 is 0 Å². The van der Waals surface area contributed by atoms with Gasteiger partial charge in [-0.1, -0.05) is 38.8 Å². The van der Waals surface area contributed by atoms with Crippen LogP contribution in [0.25, 0.3) is 0 Å². The van der Waals surface area contributed by atoms with Gasteiger partial charge in [0.25, 0.3) is 5.91 Å². The number of hydrogen-bond acceptors (Lipinski definition) is 2. The third-order valence-electron chi connectivity index (χ3n) is 3.92. The molecule has 0 radical (unpaired) electrons. The third kappa shape index (κ3) is 7.99. The molecule has 1 rings (SSSR count). The number of benzene rings is 1. The van der Waals surface area contributed by atoms with Gasteiger partial charge in [0, 0.05) is 32.2 Å². The van der Waals surface area contributed by atoms with E-state index in [1.165, 1.54) is 0 Å². The Morgan fingerprint density at radius 2 is 1.83 bits per heavy atom. The van der Waals surface area contributed by atoms with Gasteiger partial charge in [-0.05, 0) is 30.5 Å². The Morgan fingerprint density at radius 1 is 1.12 bits per heavy atom. The molecule has 0 fully saturated rings. The van der Waals surface area contributed by atoms with E-state index >= 15 is 0 Å². The molecular formula is C18H31IN4O. The van der Waals surface area contributed by atoms with Gasteiger partial charge in [-0.15, -0.1) is 24.0 Å². The molecule has 1 aromatic rings. The average molecular weight is 446 g/mol. The first-order chi connectivity index (χ1) is 11.1. The van der Waals surface area contributed by atoms with E-state index in [-0.39, 0.29) is 29.9 Å². The highest BCUT2D eigenvalue weighted by Crippen LogP contribution is 2.06. The quantitative estimate of drug-likeness (QED) is 0.327. The Balaban J connectivity index is 0.00000529. The minimum absolute atomic E-state index is 0. The smallest absolute Gasteiger partial charge is 0.251 e. The summed E-state index contributed by atoms with van der Waals surface area (Å²) in [6, 6.07) is 7.65. The van der Waals surface area contributed by atoms with E-state index in [9.17, 15) is 4.79 Å². The minimum atomic E-state index is -0.0365. The zero-order valence-corrected chi connectivity index (χ0v) is 17.5. The van der Waals surface area contributed by atoms with Crippen molar-refractivity contribution in [2.75, 3.05) is 20.1 Å². The van der Waals surface area contributed by atoms with Crippen LogP contribution in [0.1, 0.15) is 49.5 Å². The molecule has 0 saturated carbocycles. The van der Waals surface area contributed by atoms with Crippen LogP contribution in [-0.2, 0) is 6.54 Å². The van der Waals surface area contributed by atoms with Crippen LogP contribution in [0.15, 0.2) is 29.3 Å². The van der Waals surface area contributed by atoms with Crippen LogP contribution in [0.4, 0.5) is 0 Å². The molecule has 0 spiro atoms. The van der Waals surface area contributed by atoms with Crippen LogP contribution in [0.5, 0.6) is 0 Å². The fraction of sp³-hybridized carbons (Fsp3) is 0.556. The second-order valence-electron chi connectivity index (χ2n) is 5.55. The molecule has 0 saturated heterocycles. The van der Waals surface area contributed by atoms with E-state index in [0.29, 0.717) is 24.6 Å². The molecule has 0 aromatic heterocycles. The lowest BCUT2D eigenvalue weighted by Crippen LogP contribution is -2.39. The summed E-state index contributed by atoms with van der Waals surface area (Å²) in [5.74, 6) is 1.42. The van der Waals surface area contributed by atoms with Crippen molar-refractivity contribution < 1.29 is 4.79 Å². The number of hydrogen-bond donors (Lipinski definition) is 3. The molecule has 0 aliphatic rings. The molecule has 0 aliphatic carbocycles. The predicted molar refractivity (Wildman–Crippen MR) is 112 cm³/mol. The third-order valence-corrected chi connectivity index (χ3v) is 3.92. The molecule has 0 atom stereocenters. The van der Waals surface area contributed by atoms with Gasteiger partial charge in [-0.3, -0.25) is 9.79 Å². The van der Waals surface area contributed by atoms with Crippen molar-refractivity contribution in [2.24, 2.45) is 10.9 Å². The first kappa shape index (κ1) is 22.7. The van der Waals surface area contributed by atoms with Gasteiger partial charge in [-0.2, -0.15) is 0 Å². The summed E-state index contributed by atoms with van der Waals surface area (Å²) in [6.45, 7) is 8.52. The molecule has 24 heavy (non-hydrogen) atoms. The highest BCUT2D eigenvalue weighted by atomic mass is 127. The first-order valence-corrected chi connectivity index (χ1v) is 8.46. The second kappa shape index (κ2) is 13.0. The van der Waals surface area contributed by atoms with Crippen molar-refractivity contribution in [2.45, 2.75) is 40.2 Å². The van der Waals surface area contributed by atoms with Crippen LogP contribution < -0.4 is 16.0 Å². The Morgan fingerprint density at radius 3 is 2.42 bits per heavy atom. The largest absolute Gasteiger partial charge is 0.356 e. The molecule has 1 aromatic carbocycles. The number of amides is 1. The summed E-state index contributed by atoms with van der Waals surface area (Å²) in [7, 11) is 1.77. The zero-order chi connectivity index (χ0) is 17.1. The summed E-state index contributed by atoms with van der Waals surface area (Å²) in [5.41, 5.74) is 1.74. The van der Waals surface area contributed by atoms with Gasteiger partial charge in [0.2, 0.25) is 0 Å². The lowest BCUT2D eigenvalue weighted by atomic mass is 10.0. The molecule has 136 valence electrons. The van der Waals surface area contributed by atoms with Crippen LogP contribution in [0, 0.1) is 5.92 Å². The SMILES string of the molecule is CCNC(=O)c1cccc(CNC(=NC)NCC(CC)CC)c1.I. The zero-order valence-electron chi connectivity index (χ0n) is 15.2. The van der Waals surface area contributed by atoms with Crippen LogP contribution in [-0.4, -0.2) is 32.0 Å². The molecule has 3 N–H and O–H groups in total. The molecule has 0 bridgehead atoms. The van der Waals surface area contributed by atoms with Crippen LogP contribution >= 0.6 is 24.0 Å². The van der Waals surface area contributed by atoms with Crippen molar-refractivity contribution in [3.05, 3.63) is 35.4 Å². The number of guanidine groups is 1. The van der Waals surface area contributed by atoms with Gasteiger partial charge in [0.15, 0.2) is 5.96 Å². The first-order valence-electron chi connectivity index (χ1n) is 8.46. The number of carbonyl (C=O) groups excluding carboxylic acids is 1. The predicted octanol–water partition coefficient (Wildman–Crippen LogP) is 3.16. The highest BCUT2D eigenvalue weighted by Gasteiger charge is 2.07. The normalized spacial score (nSPS) is 11.0. The lowest BCUT2D eigenvalue weighted by molar-refractivity contribution is 0.0955. The Kier molecular flexibility index (Phi) is 12.3. The summed E-state index contributed by atoms with van der Waals surface area (Å²) in [4.78, 5) is 16.1. The number of nitrogens with one attached hydrogen (secondary N) is 3. The maximum Gasteiger partial charge on any atom is 0.251 e. The molecule has 5 nitrogen and oxygen atoms in total. The van der Waals surface area contributed by atoms with E-state index in [1.54, 1.807) is 7.05 Å². The van der Waals surface area contributed by atoms with E-state index in [0.717, 1.165) is 30.9 Å². The maximum atomic E-state index is 11.9. The molecule has 1 amide bonds. The number of rotatable bonds is 8. The van der Waals surface area contributed by atoms with Crippen molar-refractivity contribution in [3.8, 4) is 0 Å². The van der Waals surface area contributed by atoms with Gasteiger partial charge in [0.1, 0.15) is 0 Å². The van der Waals surface area contributed by atoms with Crippen molar-refractivity contribution in [1.82, 2.24) is 16.0 Å². The molecule has 0 aliphatic heterocycles. The van der Waals surface area contributed by atoms with E-state index in [4.69, 9.17) is 0 Å². The highest BCUT2D eigenvalue weighted by molar-refractivity contribution is 14.0. The summed E-state index contributed by atoms with van der Waals surface area (Å²) in [5, 5.41) is 9.47. The monoisotopic (exact) mass is 446 g/mol. The number of halogens is 1. The van der Waals surface area contributed by atoms with E-state index in [2.05, 4.69) is 34.8 Å². The average Bonchev–Trinajstić information content (AvgIpc) is 2.58. The fourth-order valence-corrected chi connectivity index (χ4v) is 2.31. The topological polar surface area (TPSA) is 65.5 Å². The van der Waals surface area contributed by atoms with Gasteiger partial charge in [0.05, 0.1) is 0 Å². The Labute approximate surface area is 163 Å². The Hall–Kier alpha value is -1.31. The van der Waals surface area contributed by atoms with Gasteiger partial charge in [-0.25, -0.2) is 0 Å². The summed E-state index contributed by atoms with van der Waals surface area (Å²) in [6.07, 6.45) is 2.32. The van der Waals surface area contributed by atoms with E-state index < -0.39 is 0 Å². The molecular weight excluding hydrogens is 415 g/mol. The minimum Gasteiger partial charge on any atom is -0.356 e. The van der Waals surface area contributed by atoms with Crippen molar-refractivity contribution in [1.29, 1.82) is 0 Å². The van der Waals surface area contributed by atoms with Crippen LogP contribution in [0.2, 0.25) is 0 Å². The Bertz CT molecular complexity index is 515. The number of carbonyl (C=O) groups is 1. The van der Waals surface area contributed by atoms with Crippen molar-refractivity contribution in [3.63, 3.8) is 0 Å². The number of aliphatic imine (C=N–C) groups is 1. The maximum absolute atomic E-state index is 11.9. The second-order valence-corrected chi connectivity index (χ2v) is 5.55. The standard InChI is InChI=1S/C18H30N4O.HI/c1-5-14(6-2)12-21-18(19-4)22-13-15-9-8-10-16(11-15)17(23)20-7-3;/h8-11,14H,5-7,12-13H2,1-4H3,(H,20,23)(H2,19,21,22);1H. The van der Waals surface area contributed by atoms with Crippen molar-refractivity contribution >= 4 is 35.8 Å².